The minimum absolute atomic E-state index is 0.126. The van der Waals surface area contributed by atoms with Crippen LogP contribution in [0.4, 0.5) is 0 Å². The lowest BCUT2D eigenvalue weighted by Crippen LogP contribution is -2.58. The van der Waals surface area contributed by atoms with Gasteiger partial charge in [0.25, 0.3) is 0 Å². The van der Waals surface area contributed by atoms with Gasteiger partial charge in [0.05, 0.1) is 12.7 Å². The highest BCUT2D eigenvalue weighted by atomic mass is 16.5. The molecule has 2 rings (SSSR count). The molecule has 1 heterocycles. The molecule has 0 spiro atoms. The first-order chi connectivity index (χ1) is 9.76. The smallest absolute Gasteiger partial charge is 0.221 e. The molecule has 1 aliphatic heterocycles. The van der Waals surface area contributed by atoms with Crippen molar-refractivity contribution >= 4 is 5.91 Å². The Morgan fingerprint density at radius 1 is 1.45 bits per heavy atom. The van der Waals surface area contributed by atoms with Gasteiger partial charge < -0.3 is 15.8 Å². The van der Waals surface area contributed by atoms with Crippen molar-refractivity contribution in [2.45, 2.75) is 63.6 Å². The summed E-state index contributed by atoms with van der Waals surface area (Å²) < 4.78 is 5.89. The second kappa shape index (κ2) is 7.96. The lowest BCUT2D eigenvalue weighted by atomic mass is 9.88. The lowest BCUT2D eigenvalue weighted by Gasteiger charge is -2.47. The maximum Gasteiger partial charge on any atom is 0.221 e. The van der Waals surface area contributed by atoms with Gasteiger partial charge >= 0.3 is 0 Å². The van der Waals surface area contributed by atoms with E-state index < -0.39 is 0 Å². The van der Waals surface area contributed by atoms with E-state index in [9.17, 15) is 4.79 Å². The van der Waals surface area contributed by atoms with Crippen molar-refractivity contribution in [2.24, 2.45) is 5.73 Å². The predicted octanol–water partition coefficient (Wildman–Crippen LogP) is 0.873. The number of nitrogens with zero attached hydrogens (tertiary/aromatic N) is 1. The third kappa shape index (κ3) is 3.93. The summed E-state index contributed by atoms with van der Waals surface area (Å²) >= 11 is 0. The van der Waals surface area contributed by atoms with Gasteiger partial charge in [-0.3, -0.25) is 9.69 Å². The van der Waals surface area contributed by atoms with Gasteiger partial charge in [-0.25, -0.2) is 0 Å². The van der Waals surface area contributed by atoms with Crippen LogP contribution in [0.25, 0.3) is 0 Å². The number of nitrogens with one attached hydrogen (secondary N) is 1. The molecule has 5 heteroatoms. The van der Waals surface area contributed by atoms with Crippen LogP contribution in [0.1, 0.15) is 45.4 Å². The molecular weight excluding hydrogens is 254 g/mol. The van der Waals surface area contributed by atoms with Crippen molar-refractivity contribution in [3.8, 4) is 0 Å². The summed E-state index contributed by atoms with van der Waals surface area (Å²) in [6.45, 7) is 5.04. The van der Waals surface area contributed by atoms with E-state index in [4.69, 9.17) is 10.5 Å². The number of hydrogen-bond acceptors (Lipinski definition) is 4. The molecule has 0 aromatic rings. The monoisotopic (exact) mass is 283 g/mol. The van der Waals surface area contributed by atoms with Gasteiger partial charge in [-0.05, 0) is 19.3 Å². The summed E-state index contributed by atoms with van der Waals surface area (Å²) in [5, 5.41) is 2.96. The molecule has 1 saturated heterocycles. The minimum atomic E-state index is 0.126. The molecule has 0 radical (unpaired) electrons. The first-order valence-corrected chi connectivity index (χ1v) is 8.10. The van der Waals surface area contributed by atoms with Crippen LogP contribution in [-0.4, -0.2) is 55.2 Å². The average Bonchev–Trinajstić information content (AvgIpc) is 2.50. The van der Waals surface area contributed by atoms with E-state index in [0.29, 0.717) is 25.1 Å². The average molecular weight is 283 g/mol. The summed E-state index contributed by atoms with van der Waals surface area (Å²) in [5.41, 5.74) is 5.94. The summed E-state index contributed by atoms with van der Waals surface area (Å²) in [5.74, 6) is 0.126. The Hall–Kier alpha value is -0.650. The Bertz CT molecular complexity index is 309. The zero-order valence-electron chi connectivity index (χ0n) is 12.6. The number of fused-ring (bicyclic) bond motifs is 1. The second-order valence-electron chi connectivity index (χ2n) is 5.94. The molecule has 2 fully saturated rings. The van der Waals surface area contributed by atoms with Crippen molar-refractivity contribution in [1.82, 2.24) is 10.2 Å². The van der Waals surface area contributed by atoms with E-state index in [0.717, 1.165) is 32.5 Å². The standard InChI is InChI=1S/C15H29N3O2/c1-2-7-17-15(19)10-12(11-16)18-8-9-20-14-6-4-3-5-13(14)18/h12-14H,2-11,16H2,1H3,(H,17,19). The molecule has 3 atom stereocenters. The summed E-state index contributed by atoms with van der Waals surface area (Å²) in [6, 6.07) is 0.617. The van der Waals surface area contributed by atoms with Crippen molar-refractivity contribution in [3.63, 3.8) is 0 Å². The number of morpholine rings is 1. The van der Waals surface area contributed by atoms with Gasteiger partial charge in [-0.15, -0.1) is 0 Å². The van der Waals surface area contributed by atoms with Gasteiger partial charge in [-0.2, -0.15) is 0 Å². The Morgan fingerprint density at radius 2 is 2.25 bits per heavy atom. The number of ether oxygens (including phenoxy) is 1. The molecular formula is C15H29N3O2. The molecule has 3 N–H and O–H groups in total. The zero-order chi connectivity index (χ0) is 14.4. The summed E-state index contributed by atoms with van der Waals surface area (Å²) in [6.07, 6.45) is 6.70. The quantitative estimate of drug-likeness (QED) is 0.759. The Kier molecular flexibility index (Phi) is 6.26. The molecule has 116 valence electrons. The lowest BCUT2D eigenvalue weighted by molar-refractivity contribution is -0.127. The maximum atomic E-state index is 11.9. The van der Waals surface area contributed by atoms with Crippen LogP contribution in [0.2, 0.25) is 0 Å². The Morgan fingerprint density at radius 3 is 3.00 bits per heavy atom. The third-order valence-corrected chi connectivity index (χ3v) is 4.51. The van der Waals surface area contributed by atoms with E-state index in [2.05, 4.69) is 17.1 Å². The van der Waals surface area contributed by atoms with Gasteiger partial charge in [-0.1, -0.05) is 19.8 Å². The molecule has 2 aliphatic rings. The Labute approximate surface area is 122 Å². The van der Waals surface area contributed by atoms with Crippen LogP contribution in [0.5, 0.6) is 0 Å². The predicted molar refractivity (Wildman–Crippen MR) is 79.5 cm³/mol. The number of carbonyl (C=O) groups is 1. The van der Waals surface area contributed by atoms with Crippen molar-refractivity contribution in [1.29, 1.82) is 0 Å². The van der Waals surface area contributed by atoms with Gasteiger partial charge in [0.2, 0.25) is 5.91 Å². The molecule has 0 aromatic heterocycles. The highest BCUT2D eigenvalue weighted by molar-refractivity contribution is 5.76. The van der Waals surface area contributed by atoms with Crippen LogP contribution in [0.3, 0.4) is 0 Å². The molecule has 1 saturated carbocycles. The van der Waals surface area contributed by atoms with Crippen LogP contribution < -0.4 is 11.1 Å². The number of carbonyl (C=O) groups excluding carboxylic acids is 1. The summed E-state index contributed by atoms with van der Waals surface area (Å²) in [4.78, 5) is 14.4. The largest absolute Gasteiger partial charge is 0.375 e. The molecule has 3 unspecified atom stereocenters. The molecule has 1 aliphatic carbocycles. The molecule has 0 bridgehead atoms. The van der Waals surface area contributed by atoms with Gasteiger partial charge in [0.1, 0.15) is 0 Å². The normalized spacial score (nSPS) is 28.7. The number of nitrogens with two attached hydrogens (primary N) is 1. The molecule has 5 nitrogen and oxygen atoms in total. The van der Waals surface area contributed by atoms with Crippen molar-refractivity contribution < 1.29 is 9.53 Å². The van der Waals surface area contributed by atoms with E-state index >= 15 is 0 Å². The van der Waals surface area contributed by atoms with E-state index in [1.807, 2.05) is 0 Å². The third-order valence-electron chi connectivity index (χ3n) is 4.51. The minimum Gasteiger partial charge on any atom is -0.375 e. The number of rotatable bonds is 6. The fourth-order valence-electron chi connectivity index (χ4n) is 3.47. The van der Waals surface area contributed by atoms with Crippen molar-refractivity contribution in [2.75, 3.05) is 26.2 Å². The van der Waals surface area contributed by atoms with E-state index in [1.54, 1.807) is 0 Å². The molecule has 20 heavy (non-hydrogen) atoms. The summed E-state index contributed by atoms with van der Waals surface area (Å²) in [7, 11) is 0. The zero-order valence-corrected chi connectivity index (χ0v) is 12.6. The highest BCUT2D eigenvalue weighted by Crippen LogP contribution is 2.30. The fourth-order valence-corrected chi connectivity index (χ4v) is 3.47. The first kappa shape index (κ1) is 15.7. The highest BCUT2D eigenvalue weighted by Gasteiger charge is 2.37. The number of amides is 1. The maximum absolute atomic E-state index is 11.9. The Balaban J connectivity index is 1.93. The van der Waals surface area contributed by atoms with Crippen LogP contribution in [0.15, 0.2) is 0 Å². The molecule has 0 aromatic carbocycles. The van der Waals surface area contributed by atoms with Gasteiger partial charge in [0.15, 0.2) is 0 Å². The van der Waals surface area contributed by atoms with Crippen LogP contribution >= 0.6 is 0 Å². The molecule has 1 amide bonds. The fraction of sp³-hybridized carbons (Fsp3) is 0.933. The van der Waals surface area contributed by atoms with E-state index in [1.165, 1.54) is 19.3 Å². The van der Waals surface area contributed by atoms with E-state index in [-0.39, 0.29) is 11.9 Å². The van der Waals surface area contributed by atoms with Gasteiger partial charge in [0, 0.05) is 38.1 Å². The topological polar surface area (TPSA) is 67.6 Å². The number of hydrogen-bond donors (Lipinski definition) is 2. The van der Waals surface area contributed by atoms with Crippen LogP contribution in [0, 0.1) is 0 Å². The first-order valence-electron chi connectivity index (χ1n) is 8.10. The van der Waals surface area contributed by atoms with Crippen molar-refractivity contribution in [3.05, 3.63) is 0 Å². The second-order valence-corrected chi connectivity index (χ2v) is 5.94. The van der Waals surface area contributed by atoms with Crippen LogP contribution in [-0.2, 0) is 9.53 Å². The SMILES string of the molecule is CCCNC(=O)CC(CN)N1CCOC2CCCCC21.